The van der Waals surface area contributed by atoms with Crippen molar-refractivity contribution < 1.29 is 9.90 Å². The molecule has 0 saturated heterocycles. The van der Waals surface area contributed by atoms with Crippen molar-refractivity contribution in [3.63, 3.8) is 0 Å². The number of rotatable bonds is 2. The minimum Gasteiger partial charge on any atom is -0.478 e. The highest BCUT2D eigenvalue weighted by Crippen LogP contribution is 2.16. The van der Waals surface area contributed by atoms with Crippen LogP contribution in [0.2, 0.25) is 0 Å². The molecular formula is C13H15NO2. The van der Waals surface area contributed by atoms with Crippen LogP contribution in [0.4, 0.5) is 0 Å². The smallest absolute Gasteiger partial charge is 0.336 e. The molecule has 0 atom stereocenters. The molecule has 0 spiro atoms. The van der Waals surface area contributed by atoms with Crippen LogP contribution in [0, 0.1) is 25.7 Å². The predicted molar refractivity (Wildman–Crippen MR) is 63.4 cm³/mol. The quantitative estimate of drug-likeness (QED) is 0.741. The fourth-order valence-corrected chi connectivity index (χ4v) is 1.61. The first-order chi connectivity index (χ1) is 7.56. The van der Waals surface area contributed by atoms with E-state index in [9.17, 15) is 4.79 Å². The van der Waals surface area contributed by atoms with Gasteiger partial charge in [-0.25, -0.2) is 4.79 Å². The van der Waals surface area contributed by atoms with Crippen molar-refractivity contribution in [1.29, 1.82) is 0 Å². The summed E-state index contributed by atoms with van der Waals surface area (Å²) < 4.78 is 0. The first kappa shape index (κ1) is 12.3. The lowest BCUT2D eigenvalue weighted by Crippen LogP contribution is -2.03. The van der Waals surface area contributed by atoms with Crippen molar-refractivity contribution in [3.05, 3.63) is 34.4 Å². The lowest BCUT2D eigenvalue weighted by Gasteiger charge is -2.05. The summed E-state index contributed by atoms with van der Waals surface area (Å²) in [6, 6.07) is 3.58. The number of aryl methyl sites for hydroxylation is 2. The Kier molecular flexibility index (Phi) is 4.10. The third-order valence-corrected chi connectivity index (χ3v) is 2.25. The Morgan fingerprint density at radius 3 is 2.38 bits per heavy atom. The minimum atomic E-state index is -0.892. The van der Waals surface area contributed by atoms with Gasteiger partial charge in [-0.05, 0) is 37.1 Å². The molecule has 0 bridgehead atoms. The van der Waals surface area contributed by atoms with Gasteiger partial charge in [0.15, 0.2) is 0 Å². The summed E-state index contributed by atoms with van der Waals surface area (Å²) in [5.41, 5.74) is 8.02. The van der Waals surface area contributed by atoms with Gasteiger partial charge in [-0.3, -0.25) is 0 Å². The minimum absolute atomic E-state index is 0.365. The molecular weight excluding hydrogens is 202 g/mol. The molecule has 0 unspecified atom stereocenters. The van der Waals surface area contributed by atoms with Gasteiger partial charge in [0.1, 0.15) is 0 Å². The van der Waals surface area contributed by atoms with Crippen molar-refractivity contribution in [2.45, 2.75) is 20.3 Å². The first-order valence-corrected chi connectivity index (χ1v) is 5.09. The van der Waals surface area contributed by atoms with Gasteiger partial charge in [0.05, 0.1) is 5.56 Å². The Hall–Kier alpha value is -1.79. The maximum atomic E-state index is 11.0. The number of nitrogens with two attached hydrogens (primary N) is 1. The zero-order valence-electron chi connectivity index (χ0n) is 9.50. The fourth-order valence-electron chi connectivity index (χ4n) is 1.61. The number of carboxylic acid groups (broad SMARTS) is 1. The number of hydrogen-bond acceptors (Lipinski definition) is 2. The third-order valence-electron chi connectivity index (χ3n) is 2.25. The molecule has 1 rings (SSSR count). The molecule has 84 valence electrons. The van der Waals surface area contributed by atoms with Crippen molar-refractivity contribution in [1.82, 2.24) is 0 Å². The van der Waals surface area contributed by atoms with Crippen molar-refractivity contribution in [3.8, 4) is 11.8 Å². The standard InChI is InChI=1S/C13H15NO2/c1-9-7-11(5-3-4-6-14)8-10(2)12(9)13(15)16/h7-8H,4,6,14H2,1-2H3,(H,15,16). The van der Waals surface area contributed by atoms with Gasteiger partial charge in [-0.1, -0.05) is 11.8 Å². The molecule has 0 saturated carbocycles. The monoisotopic (exact) mass is 217 g/mol. The summed E-state index contributed by atoms with van der Waals surface area (Å²) in [7, 11) is 0. The summed E-state index contributed by atoms with van der Waals surface area (Å²) in [5.74, 6) is 5.01. The number of carbonyl (C=O) groups is 1. The zero-order valence-corrected chi connectivity index (χ0v) is 9.50. The molecule has 0 aliphatic heterocycles. The molecule has 0 fully saturated rings. The van der Waals surface area contributed by atoms with Crippen LogP contribution >= 0.6 is 0 Å². The maximum absolute atomic E-state index is 11.0. The summed E-state index contributed by atoms with van der Waals surface area (Å²) in [5, 5.41) is 9.00. The van der Waals surface area contributed by atoms with Gasteiger partial charge in [0, 0.05) is 18.5 Å². The van der Waals surface area contributed by atoms with Crippen LogP contribution in [0.25, 0.3) is 0 Å². The van der Waals surface area contributed by atoms with Gasteiger partial charge < -0.3 is 10.8 Å². The normalized spacial score (nSPS) is 9.44. The number of carboxylic acids is 1. The second-order valence-electron chi connectivity index (χ2n) is 3.63. The summed E-state index contributed by atoms with van der Waals surface area (Å²) in [4.78, 5) is 11.0. The largest absolute Gasteiger partial charge is 0.478 e. The van der Waals surface area contributed by atoms with E-state index in [-0.39, 0.29) is 0 Å². The van der Waals surface area contributed by atoms with Crippen molar-refractivity contribution in [2.24, 2.45) is 5.73 Å². The molecule has 0 amide bonds. The molecule has 0 aliphatic rings. The topological polar surface area (TPSA) is 63.3 Å². The number of aromatic carboxylic acids is 1. The van der Waals surface area contributed by atoms with Crippen LogP contribution in [0.5, 0.6) is 0 Å². The highest BCUT2D eigenvalue weighted by molar-refractivity contribution is 5.91. The summed E-state index contributed by atoms with van der Waals surface area (Å²) in [6.07, 6.45) is 0.652. The van der Waals surface area contributed by atoms with Crippen LogP contribution < -0.4 is 5.73 Å². The summed E-state index contributed by atoms with van der Waals surface area (Å²) >= 11 is 0. The lowest BCUT2D eigenvalue weighted by atomic mass is 9.99. The van der Waals surface area contributed by atoms with E-state index in [2.05, 4.69) is 11.8 Å². The molecule has 16 heavy (non-hydrogen) atoms. The molecule has 0 heterocycles. The van der Waals surface area contributed by atoms with Gasteiger partial charge in [0.25, 0.3) is 0 Å². The van der Waals surface area contributed by atoms with E-state index in [1.54, 1.807) is 26.0 Å². The Balaban J connectivity index is 3.11. The SMILES string of the molecule is Cc1cc(C#CCCN)cc(C)c1C(=O)O. The number of benzene rings is 1. The third kappa shape index (κ3) is 2.85. The molecule has 3 heteroatoms. The van der Waals surface area contributed by atoms with E-state index in [1.165, 1.54) is 0 Å². The average molecular weight is 217 g/mol. The van der Waals surface area contributed by atoms with E-state index in [0.717, 1.165) is 16.7 Å². The predicted octanol–water partition coefficient (Wildman–Crippen LogP) is 1.70. The fraction of sp³-hybridized carbons (Fsp3) is 0.308. The molecule has 0 aliphatic carbocycles. The van der Waals surface area contributed by atoms with Gasteiger partial charge in [-0.15, -0.1) is 0 Å². The first-order valence-electron chi connectivity index (χ1n) is 5.09. The Morgan fingerprint density at radius 2 is 1.94 bits per heavy atom. The Morgan fingerprint density at radius 1 is 1.38 bits per heavy atom. The van der Waals surface area contributed by atoms with Gasteiger partial charge in [-0.2, -0.15) is 0 Å². The Labute approximate surface area is 95.3 Å². The molecule has 1 aromatic carbocycles. The van der Waals surface area contributed by atoms with Crippen LogP contribution in [0.3, 0.4) is 0 Å². The highest BCUT2D eigenvalue weighted by atomic mass is 16.4. The van der Waals surface area contributed by atoms with Crippen LogP contribution in [-0.4, -0.2) is 17.6 Å². The van der Waals surface area contributed by atoms with Crippen LogP contribution in [-0.2, 0) is 0 Å². The Bertz CT molecular complexity index is 444. The molecule has 0 radical (unpaired) electrons. The second-order valence-corrected chi connectivity index (χ2v) is 3.63. The zero-order chi connectivity index (χ0) is 12.1. The number of hydrogen-bond donors (Lipinski definition) is 2. The van der Waals surface area contributed by atoms with Crippen molar-refractivity contribution in [2.75, 3.05) is 6.54 Å². The van der Waals surface area contributed by atoms with Crippen molar-refractivity contribution >= 4 is 5.97 Å². The second kappa shape index (κ2) is 5.34. The van der Waals surface area contributed by atoms with Crippen LogP contribution in [0.15, 0.2) is 12.1 Å². The van der Waals surface area contributed by atoms with E-state index in [0.29, 0.717) is 18.5 Å². The molecule has 3 N–H and O–H groups in total. The van der Waals surface area contributed by atoms with E-state index < -0.39 is 5.97 Å². The molecule has 3 nitrogen and oxygen atoms in total. The van der Waals surface area contributed by atoms with E-state index in [4.69, 9.17) is 10.8 Å². The van der Waals surface area contributed by atoms with E-state index >= 15 is 0 Å². The van der Waals surface area contributed by atoms with Gasteiger partial charge >= 0.3 is 5.97 Å². The van der Waals surface area contributed by atoms with E-state index in [1.807, 2.05) is 0 Å². The summed E-state index contributed by atoms with van der Waals surface area (Å²) in [6.45, 7) is 4.10. The maximum Gasteiger partial charge on any atom is 0.336 e. The highest BCUT2D eigenvalue weighted by Gasteiger charge is 2.10. The molecule has 1 aromatic rings. The lowest BCUT2D eigenvalue weighted by molar-refractivity contribution is 0.0695. The molecule has 0 aromatic heterocycles. The van der Waals surface area contributed by atoms with Gasteiger partial charge in [0.2, 0.25) is 0 Å². The average Bonchev–Trinajstić information content (AvgIpc) is 2.16. The van der Waals surface area contributed by atoms with Crippen LogP contribution in [0.1, 0.15) is 33.5 Å².